The van der Waals surface area contributed by atoms with Crippen LogP contribution in [0.5, 0.6) is 0 Å². The Kier molecular flexibility index (Phi) is 10.4. The van der Waals surface area contributed by atoms with Gasteiger partial charge in [0.15, 0.2) is 11.4 Å². The topological polar surface area (TPSA) is 124 Å². The fourth-order valence-corrected chi connectivity index (χ4v) is 4.71. The Morgan fingerprint density at radius 1 is 1.02 bits per heavy atom. The van der Waals surface area contributed by atoms with Gasteiger partial charge in [0.05, 0.1) is 38.3 Å². The number of nitrogens with zero attached hydrogens (tertiary/aromatic N) is 2. The number of carbonyl (C=O) groups is 2. The Balaban J connectivity index is 1.46. The lowest BCUT2D eigenvalue weighted by molar-refractivity contribution is -0.276. The van der Waals surface area contributed by atoms with E-state index in [9.17, 15) is 14.7 Å². The molecule has 1 aromatic heterocycles. The molecule has 0 saturated carbocycles. The van der Waals surface area contributed by atoms with Crippen LogP contribution < -0.4 is 10.6 Å². The zero-order valence-electron chi connectivity index (χ0n) is 22.2. The zero-order valence-corrected chi connectivity index (χ0v) is 23.7. The number of urea groups is 1. The molecule has 1 saturated heterocycles. The summed E-state index contributed by atoms with van der Waals surface area (Å²) >= 11 is 12.4. The second-order valence-electron chi connectivity index (χ2n) is 9.38. The van der Waals surface area contributed by atoms with Gasteiger partial charge < -0.3 is 34.5 Å². The third-order valence-electron chi connectivity index (χ3n) is 6.64. The summed E-state index contributed by atoms with van der Waals surface area (Å²) in [7, 11) is 0. The van der Waals surface area contributed by atoms with Gasteiger partial charge in [-0.05, 0) is 23.6 Å². The van der Waals surface area contributed by atoms with Gasteiger partial charge in [-0.25, -0.2) is 9.78 Å². The molecule has 0 unspecified atom stereocenters. The Morgan fingerprint density at radius 2 is 1.70 bits per heavy atom. The van der Waals surface area contributed by atoms with Crippen molar-refractivity contribution >= 4 is 35.2 Å². The minimum atomic E-state index is -0.670. The normalized spacial score (nSPS) is 20.6. The second kappa shape index (κ2) is 14.0. The van der Waals surface area contributed by atoms with Gasteiger partial charge in [0.1, 0.15) is 11.7 Å². The largest absolute Gasteiger partial charge is 0.465 e. The van der Waals surface area contributed by atoms with Crippen LogP contribution in [0.1, 0.15) is 48.5 Å². The molecular formula is C28H32Cl2N4O6. The Morgan fingerprint density at radius 3 is 2.33 bits per heavy atom. The predicted octanol–water partition coefficient (Wildman–Crippen LogP) is 4.54. The molecule has 10 nitrogen and oxygen atoms in total. The summed E-state index contributed by atoms with van der Waals surface area (Å²) in [6.45, 7) is 4.46. The Labute approximate surface area is 242 Å². The minimum Gasteiger partial charge on any atom is -0.465 e. The molecule has 2 heterocycles. The fourth-order valence-electron chi connectivity index (χ4n) is 4.39. The molecule has 2 aromatic carbocycles. The Bertz CT molecular complexity index is 1280. The maximum Gasteiger partial charge on any atom is 0.325 e. The van der Waals surface area contributed by atoms with Gasteiger partial charge in [-0.15, -0.1) is 0 Å². The standard InChI is InChI=1S/C28H32Cl2N4O6/c1-3-38-23(36)13-32-28(37)31-12-18-4-10-21(11-5-18)27-39-22(14-34-16-33-25(29)26(34)30)17(2)24(40-27)20-8-6-19(15-35)7-9-20/h4-11,16-17,22,24,27,35H,3,12-15H2,1-2H3,(H2,31,32,37)/t17-,22+,24+,27+/m0/s1. The summed E-state index contributed by atoms with van der Waals surface area (Å²) < 4.78 is 19.4. The first-order valence-corrected chi connectivity index (χ1v) is 13.7. The van der Waals surface area contributed by atoms with Gasteiger partial charge >= 0.3 is 12.0 Å². The first-order chi connectivity index (χ1) is 19.3. The summed E-state index contributed by atoms with van der Waals surface area (Å²) in [6.07, 6.45) is 0.338. The average molecular weight is 591 g/mol. The van der Waals surface area contributed by atoms with Crippen LogP contribution in [0.15, 0.2) is 54.9 Å². The number of ether oxygens (including phenoxy) is 3. The van der Waals surface area contributed by atoms with E-state index < -0.39 is 18.3 Å². The quantitative estimate of drug-likeness (QED) is 0.296. The van der Waals surface area contributed by atoms with E-state index in [-0.39, 0.29) is 49.6 Å². The lowest BCUT2D eigenvalue weighted by Crippen LogP contribution is -2.39. The summed E-state index contributed by atoms with van der Waals surface area (Å²) in [4.78, 5) is 27.5. The number of carbonyl (C=O) groups excluding carboxylic acids is 2. The second-order valence-corrected chi connectivity index (χ2v) is 10.1. The number of aromatic nitrogens is 2. The molecule has 1 aliphatic heterocycles. The monoisotopic (exact) mass is 590 g/mol. The molecule has 0 bridgehead atoms. The molecule has 4 rings (SSSR count). The van der Waals surface area contributed by atoms with Crippen LogP contribution in [0.2, 0.25) is 10.3 Å². The zero-order chi connectivity index (χ0) is 28.6. The van der Waals surface area contributed by atoms with Crippen LogP contribution in [0.25, 0.3) is 0 Å². The van der Waals surface area contributed by atoms with Crippen molar-refractivity contribution in [3.8, 4) is 0 Å². The van der Waals surface area contributed by atoms with E-state index in [1.165, 1.54) is 0 Å². The fraction of sp³-hybridized carbons (Fsp3) is 0.393. The van der Waals surface area contributed by atoms with Crippen LogP contribution in [0, 0.1) is 5.92 Å². The van der Waals surface area contributed by atoms with Crippen LogP contribution in [0.3, 0.4) is 0 Å². The molecular weight excluding hydrogens is 559 g/mol. The van der Waals surface area contributed by atoms with Crippen molar-refractivity contribution in [2.24, 2.45) is 5.92 Å². The highest BCUT2D eigenvalue weighted by molar-refractivity contribution is 6.40. The van der Waals surface area contributed by atoms with Crippen molar-refractivity contribution in [3.05, 3.63) is 87.4 Å². The summed E-state index contributed by atoms with van der Waals surface area (Å²) in [5.41, 5.74) is 3.44. The van der Waals surface area contributed by atoms with Crippen molar-refractivity contribution in [2.45, 2.75) is 52.0 Å². The highest BCUT2D eigenvalue weighted by Crippen LogP contribution is 2.42. The van der Waals surface area contributed by atoms with E-state index in [0.29, 0.717) is 11.7 Å². The van der Waals surface area contributed by atoms with E-state index in [1.807, 2.05) is 48.5 Å². The number of nitrogens with one attached hydrogen (secondary N) is 2. The molecule has 0 spiro atoms. The van der Waals surface area contributed by atoms with E-state index in [4.69, 9.17) is 37.4 Å². The first kappa shape index (κ1) is 29.8. The molecule has 1 aliphatic rings. The van der Waals surface area contributed by atoms with Crippen LogP contribution >= 0.6 is 23.2 Å². The number of aliphatic hydroxyl groups excluding tert-OH is 1. The highest BCUT2D eigenvalue weighted by atomic mass is 35.5. The summed E-state index contributed by atoms with van der Waals surface area (Å²) in [5.74, 6) is -0.548. The number of esters is 1. The third-order valence-corrected chi connectivity index (χ3v) is 7.41. The number of benzene rings is 2. The molecule has 3 aromatic rings. The van der Waals surface area contributed by atoms with E-state index >= 15 is 0 Å². The predicted molar refractivity (Wildman–Crippen MR) is 149 cm³/mol. The average Bonchev–Trinajstić information content (AvgIpc) is 3.28. The van der Waals surface area contributed by atoms with Crippen molar-refractivity contribution in [2.75, 3.05) is 13.2 Å². The summed E-state index contributed by atoms with van der Waals surface area (Å²) in [6, 6.07) is 14.7. The minimum absolute atomic E-state index is 0.0378. The number of halogens is 2. The van der Waals surface area contributed by atoms with E-state index in [1.54, 1.807) is 17.8 Å². The summed E-state index contributed by atoms with van der Waals surface area (Å²) in [5, 5.41) is 15.2. The van der Waals surface area contributed by atoms with Crippen molar-refractivity contribution in [1.82, 2.24) is 20.2 Å². The van der Waals surface area contributed by atoms with Crippen molar-refractivity contribution in [1.29, 1.82) is 0 Å². The molecule has 12 heteroatoms. The number of rotatable bonds is 10. The molecule has 214 valence electrons. The van der Waals surface area contributed by atoms with Gasteiger partial charge in [0.25, 0.3) is 0 Å². The number of hydrogen-bond acceptors (Lipinski definition) is 7. The number of aliphatic hydroxyl groups is 1. The molecule has 1 fully saturated rings. The van der Waals surface area contributed by atoms with Gasteiger partial charge in [-0.2, -0.15) is 0 Å². The van der Waals surface area contributed by atoms with E-state index in [2.05, 4.69) is 22.5 Å². The lowest BCUT2D eigenvalue weighted by atomic mass is 9.90. The molecule has 2 amide bonds. The molecule has 4 atom stereocenters. The van der Waals surface area contributed by atoms with Gasteiger partial charge in [0, 0.05) is 18.0 Å². The number of imidazole rings is 1. The molecule has 40 heavy (non-hydrogen) atoms. The molecule has 0 aliphatic carbocycles. The first-order valence-electron chi connectivity index (χ1n) is 12.9. The molecule has 0 radical (unpaired) electrons. The van der Waals surface area contributed by atoms with Gasteiger partial charge in [-0.3, -0.25) is 4.79 Å². The van der Waals surface area contributed by atoms with Crippen LogP contribution in [0.4, 0.5) is 4.79 Å². The highest BCUT2D eigenvalue weighted by Gasteiger charge is 2.38. The maximum atomic E-state index is 12.0. The maximum absolute atomic E-state index is 12.0. The number of hydrogen-bond donors (Lipinski definition) is 3. The SMILES string of the molecule is CCOC(=O)CNC(=O)NCc1ccc([C@@H]2O[C@H](Cn3cnc(Cl)c3Cl)[C@H](C)[C@H](c3ccc(CO)cc3)O2)cc1. The van der Waals surface area contributed by atoms with E-state index in [0.717, 1.165) is 22.3 Å². The smallest absolute Gasteiger partial charge is 0.325 e. The van der Waals surface area contributed by atoms with Crippen LogP contribution in [-0.4, -0.2) is 45.9 Å². The van der Waals surface area contributed by atoms with Crippen molar-refractivity contribution < 1.29 is 28.9 Å². The van der Waals surface area contributed by atoms with Gasteiger partial charge in [0.2, 0.25) is 0 Å². The van der Waals surface area contributed by atoms with Crippen LogP contribution in [-0.2, 0) is 38.7 Å². The number of amides is 2. The molecule has 3 N–H and O–H groups in total. The Hall–Kier alpha value is -3.15. The third kappa shape index (κ3) is 7.52. The lowest BCUT2D eigenvalue weighted by Gasteiger charge is -2.41. The van der Waals surface area contributed by atoms with Crippen molar-refractivity contribution in [3.63, 3.8) is 0 Å². The van der Waals surface area contributed by atoms with Gasteiger partial charge in [-0.1, -0.05) is 78.7 Å².